The number of fused-ring (bicyclic) bond motifs is 1. The Balaban J connectivity index is 2.40. The molecule has 5 heteroatoms. The number of nitrogens with zero attached hydrogens (tertiary/aromatic N) is 1. The van der Waals surface area contributed by atoms with Crippen LogP contribution in [0.15, 0.2) is 54.6 Å². The SMILES string of the molecule is C/C=C/Cc1cc(OC)c(O)c2cc(C(=O)OCC)nc(C(CC)c3ccccc3)c12. The maximum Gasteiger partial charge on any atom is 0.356 e. The summed E-state index contributed by atoms with van der Waals surface area (Å²) >= 11 is 0. The fourth-order valence-electron chi connectivity index (χ4n) is 3.92. The average molecular weight is 420 g/mol. The molecule has 0 aliphatic heterocycles. The van der Waals surface area contributed by atoms with Gasteiger partial charge in [-0.15, -0.1) is 0 Å². The van der Waals surface area contributed by atoms with Gasteiger partial charge < -0.3 is 14.6 Å². The van der Waals surface area contributed by atoms with Crippen LogP contribution in [0.2, 0.25) is 0 Å². The van der Waals surface area contributed by atoms with Crippen molar-refractivity contribution in [3.8, 4) is 11.5 Å². The lowest BCUT2D eigenvalue weighted by Gasteiger charge is -2.21. The van der Waals surface area contributed by atoms with Gasteiger partial charge in [0.25, 0.3) is 0 Å². The van der Waals surface area contributed by atoms with E-state index in [0.29, 0.717) is 17.6 Å². The van der Waals surface area contributed by atoms with Crippen LogP contribution in [0.5, 0.6) is 11.5 Å². The van der Waals surface area contributed by atoms with Crippen LogP contribution in [-0.2, 0) is 11.2 Å². The molecular weight excluding hydrogens is 390 g/mol. The Kier molecular flexibility index (Phi) is 7.29. The van der Waals surface area contributed by atoms with Gasteiger partial charge in [-0.2, -0.15) is 0 Å². The van der Waals surface area contributed by atoms with Gasteiger partial charge in [0.2, 0.25) is 0 Å². The third kappa shape index (κ3) is 4.55. The van der Waals surface area contributed by atoms with Crippen LogP contribution in [0, 0.1) is 0 Å². The summed E-state index contributed by atoms with van der Waals surface area (Å²) in [5.41, 5.74) is 3.02. The number of aromatic nitrogens is 1. The second-order valence-corrected chi connectivity index (χ2v) is 7.27. The van der Waals surface area contributed by atoms with Crippen molar-refractivity contribution >= 4 is 16.7 Å². The molecule has 1 N–H and O–H groups in total. The van der Waals surface area contributed by atoms with E-state index in [0.717, 1.165) is 28.6 Å². The van der Waals surface area contributed by atoms with Crippen LogP contribution in [-0.4, -0.2) is 29.8 Å². The Labute approximate surface area is 183 Å². The van der Waals surface area contributed by atoms with Gasteiger partial charge in [0.05, 0.1) is 19.4 Å². The van der Waals surface area contributed by atoms with Gasteiger partial charge in [-0.25, -0.2) is 9.78 Å². The molecule has 0 bridgehead atoms. The summed E-state index contributed by atoms with van der Waals surface area (Å²) in [6, 6.07) is 13.6. The smallest absolute Gasteiger partial charge is 0.356 e. The number of phenolic OH excluding ortho intramolecular Hbond substituents is 1. The zero-order valence-electron chi connectivity index (χ0n) is 18.5. The van der Waals surface area contributed by atoms with E-state index in [-0.39, 0.29) is 24.0 Å². The molecule has 0 aliphatic rings. The predicted molar refractivity (Wildman–Crippen MR) is 123 cm³/mol. The van der Waals surface area contributed by atoms with Crippen molar-refractivity contribution in [2.75, 3.05) is 13.7 Å². The van der Waals surface area contributed by atoms with Crippen molar-refractivity contribution in [1.29, 1.82) is 0 Å². The van der Waals surface area contributed by atoms with Crippen LogP contribution in [0.25, 0.3) is 10.8 Å². The molecular formula is C26H29NO4. The molecule has 0 radical (unpaired) electrons. The third-order valence-electron chi connectivity index (χ3n) is 5.38. The molecule has 0 saturated carbocycles. The molecule has 0 amide bonds. The topological polar surface area (TPSA) is 68.7 Å². The van der Waals surface area contributed by atoms with E-state index in [1.807, 2.05) is 37.3 Å². The molecule has 1 heterocycles. The molecule has 0 aliphatic carbocycles. The number of carbonyl (C=O) groups is 1. The van der Waals surface area contributed by atoms with Crippen LogP contribution in [0.4, 0.5) is 0 Å². The zero-order valence-corrected chi connectivity index (χ0v) is 18.5. The lowest BCUT2D eigenvalue weighted by atomic mass is 9.87. The Morgan fingerprint density at radius 2 is 1.94 bits per heavy atom. The van der Waals surface area contributed by atoms with Crippen molar-refractivity contribution in [3.63, 3.8) is 0 Å². The number of allylic oxidation sites excluding steroid dienone is 2. The molecule has 5 nitrogen and oxygen atoms in total. The number of hydrogen-bond acceptors (Lipinski definition) is 5. The number of aromatic hydroxyl groups is 1. The predicted octanol–water partition coefficient (Wildman–Crippen LogP) is 5.79. The van der Waals surface area contributed by atoms with Crippen molar-refractivity contribution < 1.29 is 19.4 Å². The van der Waals surface area contributed by atoms with Crippen LogP contribution in [0.1, 0.15) is 60.4 Å². The quantitative estimate of drug-likeness (QED) is 0.370. The minimum atomic E-state index is -0.509. The van der Waals surface area contributed by atoms with Gasteiger partial charge >= 0.3 is 5.97 Å². The Morgan fingerprint density at radius 1 is 1.19 bits per heavy atom. The highest BCUT2D eigenvalue weighted by Crippen LogP contribution is 2.42. The molecule has 1 atom stereocenters. The lowest BCUT2D eigenvalue weighted by Crippen LogP contribution is -2.12. The van der Waals surface area contributed by atoms with E-state index < -0.39 is 5.97 Å². The molecule has 0 fully saturated rings. The molecule has 1 unspecified atom stereocenters. The lowest BCUT2D eigenvalue weighted by molar-refractivity contribution is 0.0519. The van der Waals surface area contributed by atoms with Crippen molar-refractivity contribution in [3.05, 3.63) is 77.1 Å². The molecule has 3 aromatic rings. The number of phenols is 1. The van der Waals surface area contributed by atoms with E-state index in [4.69, 9.17) is 14.5 Å². The van der Waals surface area contributed by atoms with Gasteiger partial charge in [0.1, 0.15) is 5.69 Å². The third-order valence-corrected chi connectivity index (χ3v) is 5.38. The minimum Gasteiger partial charge on any atom is -0.504 e. The van der Waals surface area contributed by atoms with Crippen molar-refractivity contribution in [2.24, 2.45) is 0 Å². The largest absolute Gasteiger partial charge is 0.504 e. The highest BCUT2D eigenvalue weighted by Gasteiger charge is 2.25. The normalized spacial score (nSPS) is 12.3. The Hall–Kier alpha value is -3.34. The summed E-state index contributed by atoms with van der Waals surface area (Å²) in [7, 11) is 1.52. The fourth-order valence-corrected chi connectivity index (χ4v) is 3.92. The number of esters is 1. The molecule has 1 aromatic heterocycles. The second-order valence-electron chi connectivity index (χ2n) is 7.27. The number of pyridine rings is 1. The summed E-state index contributed by atoms with van der Waals surface area (Å²) in [5, 5.41) is 12.4. The van der Waals surface area contributed by atoms with Crippen LogP contribution in [0.3, 0.4) is 0 Å². The van der Waals surface area contributed by atoms with E-state index in [9.17, 15) is 9.90 Å². The van der Waals surface area contributed by atoms with E-state index in [1.165, 1.54) is 7.11 Å². The first-order valence-corrected chi connectivity index (χ1v) is 10.6. The summed E-state index contributed by atoms with van der Waals surface area (Å²) in [5.74, 6) is -0.188. The monoisotopic (exact) mass is 419 g/mol. The van der Waals surface area contributed by atoms with Gasteiger partial charge in [-0.05, 0) is 49.9 Å². The van der Waals surface area contributed by atoms with Gasteiger partial charge in [0, 0.05) is 16.7 Å². The number of benzene rings is 2. The molecule has 0 spiro atoms. The maximum absolute atomic E-state index is 12.6. The molecule has 3 rings (SSSR count). The van der Waals surface area contributed by atoms with E-state index in [2.05, 4.69) is 25.1 Å². The van der Waals surface area contributed by atoms with Gasteiger partial charge in [0.15, 0.2) is 11.5 Å². The Morgan fingerprint density at radius 3 is 2.55 bits per heavy atom. The average Bonchev–Trinajstić information content (AvgIpc) is 2.80. The highest BCUT2D eigenvalue weighted by atomic mass is 16.5. The zero-order chi connectivity index (χ0) is 22.4. The first-order valence-electron chi connectivity index (χ1n) is 10.6. The first kappa shape index (κ1) is 22.3. The standard InChI is InChI=1S/C26H29NO4/c1-5-8-12-18-15-22(30-4)25(28)20-16-21(26(29)31-7-3)27-24(23(18)20)19(6-2)17-13-10-9-11-14-17/h5,8-11,13-16,19,28H,6-7,12H2,1-4H3/b8-5+. The highest BCUT2D eigenvalue weighted by molar-refractivity contribution is 6.00. The number of hydrogen-bond donors (Lipinski definition) is 1. The molecule has 31 heavy (non-hydrogen) atoms. The summed E-state index contributed by atoms with van der Waals surface area (Å²) in [6.45, 7) is 6.07. The van der Waals surface area contributed by atoms with Crippen LogP contribution >= 0.6 is 0 Å². The summed E-state index contributed by atoms with van der Waals surface area (Å²) < 4.78 is 10.6. The van der Waals surface area contributed by atoms with Crippen molar-refractivity contribution in [2.45, 2.75) is 39.5 Å². The number of methoxy groups -OCH3 is 1. The van der Waals surface area contributed by atoms with Gasteiger partial charge in [-0.3, -0.25) is 0 Å². The van der Waals surface area contributed by atoms with Gasteiger partial charge in [-0.1, -0.05) is 49.4 Å². The molecule has 0 saturated heterocycles. The number of carbonyl (C=O) groups excluding carboxylic acids is 1. The van der Waals surface area contributed by atoms with Crippen LogP contribution < -0.4 is 4.74 Å². The summed E-state index contributed by atoms with van der Waals surface area (Å²) in [6.07, 6.45) is 5.48. The molecule has 2 aromatic carbocycles. The fraction of sp³-hybridized carbons (Fsp3) is 0.308. The van der Waals surface area contributed by atoms with E-state index >= 15 is 0 Å². The summed E-state index contributed by atoms with van der Waals surface area (Å²) in [4.78, 5) is 17.4. The molecule has 162 valence electrons. The maximum atomic E-state index is 12.6. The minimum absolute atomic E-state index is 0.00107. The Bertz CT molecular complexity index is 1090. The van der Waals surface area contributed by atoms with E-state index in [1.54, 1.807) is 13.0 Å². The van der Waals surface area contributed by atoms with Crippen molar-refractivity contribution in [1.82, 2.24) is 4.98 Å². The number of ether oxygens (including phenoxy) is 2. The first-order chi connectivity index (χ1) is 15.0. The number of rotatable bonds is 8. The second kappa shape index (κ2) is 10.1.